The van der Waals surface area contributed by atoms with Crippen molar-refractivity contribution in [2.75, 3.05) is 0 Å². The van der Waals surface area contributed by atoms with Gasteiger partial charge < -0.3 is 5.11 Å². The highest BCUT2D eigenvalue weighted by Gasteiger charge is 2.38. The molecule has 1 saturated heterocycles. The molecule has 0 bridgehead atoms. The third-order valence-corrected chi connectivity index (χ3v) is 6.47. The average Bonchev–Trinajstić information content (AvgIpc) is 3.19. The summed E-state index contributed by atoms with van der Waals surface area (Å²) >= 11 is 0. The summed E-state index contributed by atoms with van der Waals surface area (Å²) in [6, 6.07) is 25.7. The van der Waals surface area contributed by atoms with Crippen molar-refractivity contribution in [3.63, 3.8) is 0 Å². The van der Waals surface area contributed by atoms with Crippen LogP contribution in [0, 0.1) is 0 Å². The second-order valence-electron chi connectivity index (χ2n) is 11.0. The molecule has 0 aromatic heterocycles. The lowest BCUT2D eigenvalue weighted by molar-refractivity contribution is 0.421. The van der Waals surface area contributed by atoms with Crippen molar-refractivity contribution in [3.05, 3.63) is 101 Å². The molecule has 32 heavy (non-hydrogen) atoms. The van der Waals surface area contributed by atoms with Gasteiger partial charge in [0.25, 0.3) is 0 Å². The Labute approximate surface area is 192 Å². The van der Waals surface area contributed by atoms with Gasteiger partial charge in [-0.15, -0.1) is 0 Å². The number of nitrogens with one attached hydrogen (secondary N) is 2. The lowest BCUT2D eigenvalue weighted by atomic mass is 9.78. The molecular weight excluding hydrogens is 392 g/mol. The summed E-state index contributed by atoms with van der Waals surface area (Å²) in [4.78, 5) is 0. The zero-order valence-corrected chi connectivity index (χ0v) is 20.1. The van der Waals surface area contributed by atoms with Gasteiger partial charge in [-0.1, -0.05) is 108 Å². The van der Waals surface area contributed by atoms with E-state index in [9.17, 15) is 5.11 Å². The van der Waals surface area contributed by atoms with Gasteiger partial charge in [0.05, 0.1) is 18.2 Å². The van der Waals surface area contributed by atoms with E-state index in [1.54, 1.807) is 0 Å². The summed E-state index contributed by atoms with van der Waals surface area (Å²) in [5, 5.41) is 19.0. The van der Waals surface area contributed by atoms with Crippen LogP contribution in [0.1, 0.15) is 87.6 Å². The molecular formula is C29H36N2O. The summed E-state index contributed by atoms with van der Waals surface area (Å²) in [5.74, 6) is 0.385. The van der Waals surface area contributed by atoms with Gasteiger partial charge in [0.15, 0.2) is 0 Å². The highest BCUT2D eigenvalue weighted by Crippen LogP contribution is 2.44. The van der Waals surface area contributed by atoms with Gasteiger partial charge in [-0.25, -0.2) is 0 Å². The number of benzene rings is 3. The predicted octanol–water partition coefficient (Wildman–Crippen LogP) is 6.66. The molecule has 4 rings (SSSR count). The predicted molar refractivity (Wildman–Crippen MR) is 133 cm³/mol. The van der Waals surface area contributed by atoms with Crippen LogP contribution in [0.4, 0.5) is 0 Å². The molecule has 3 heteroatoms. The Kier molecular flexibility index (Phi) is 5.91. The Hall–Kier alpha value is -2.62. The molecule has 1 aliphatic rings. The second kappa shape index (κ2) is 8.38. The number of aromatic hydroxyl groups is 1. The maximum absolute atomic E-state index is 11.4. The minimum Gasteiger partial charge on any atom is -0.507 e. The maximum Gasteiger partial charge on any atom is 0.125 e. The Bertz CT molecular complexity index is 1010. The molecule has 3 N–H and O–H groups in total. The Balaban J connectivity index is 1.81. The largest absolute Gasteiger partial charge is 0.507 e. The molecule has 2 atom stereocenters. The molecule has 0 saturated carbocycles. The molecule has 3 nitrogen and oxygen atoms in total. The normalized spacial score (nSPS) is 19.9. The van der Waals surface area contributed by atoms with E-state index in [1.165, 1.54) is 16.7 Å². The molecule has 0 spiro atoms. The number of phenols is 1. The van der Waals surface area contributed by atoms with Crippen LogP contribution in [0.15, 0.2) is 72.8 Å². The molecule has 1 fully saturated rings. The molecule has 1 aliphatic heterocycles. The molecule has 0 radical (unpaired) electrons. The van der Waals surface area contributed by atoms with Crippen molar-refractivity contribution in [1.82, 2.24) is 10.6 Å². The van der Waals surface area contributed by atoms with Crippen LogP contribution in [-0.2, 0) is 10.8 Å². The third kappa shape index (κ3) is 4.46. The SMILES string of the molecule is CC(C)(C)c1cc(C2N[C@@H](c3ccccc3)[C@H](c3ccccc3)N2)c(O)c(C(C)(C)C)c1. The van der Waals surface area contributed by atoms with Gasteiger partial charge in [-0.3, -0.25) is 10.6 Å². The summed E-state index contributed by atoms with van der Waals surface area (Å²) in [6.45, 7) is 13.2. The van der Waals surface area contributed by atoms with Gasteiger partial charge in [0.2, 0.25) is 0 Å². The van der Waals surface area contributed by atoms with E-state index in [1.807, 2.05) is 0 Å². The van der Waals surface area contributed by atoms with E-state index < -0.39 is 0 Å². The first-order chi connectivity index (χ1) is 15.1. The Morgan fingerprint density at radius 3 is 1.53 bits per heavy atom. The lowest BCUT2D eigenvalue weighted by Gasteiger charge is -2.29. The van der Waals surface area contributed by atoms with Crippen LogP contribution >= 0.6 is 0 Å². The monoisotopic (exact) mass is 428 g/mol. The number of phenolic OH excluding ortho intramolecular Hbond substituents is 1. The smallest absolute Gasteiger partial charge is 0.125 e. The highest BCUT2D eigenvalue weighted by atomic mass is 16.3. The summed E-state index contributed by atoms with van der Waals surface area (Å²) < 4.78 is 0. The van der Waals surface area contributed by atoms with Gasteiger partial charge in [-0.05, 0) is 39.2 Å². The van der Waals surface area contributed by atoms with Gasteiger partial charge in [-0.2, -0.15) is 0 Å². The van der Waals surface area contributed by atoms with Crippen LogP contribution in [0.5, 0.6) is 5.75 Å². The molecule has 1 heterocycles. The fourth-order valence-electron chi connectivity index (χ4n) is 4.56. The van der Waals surface area contributed by atoms with Gasteiger partial charge in [0.1, 0.15) is 5.75 Å². The van der Waals surface area contributed by atoms with Gasteiger partial charge >= 0.3 is 0 Å². The minimum absolute atomic E-state index is 0.0152. The van der Waals surface area contributed by atoms with E-state index in [2.05, 4.69) is 125 Å². The van der Waals surface area contributed by atoms with Crippen molar-refractivity contribution >= 4 is 0 Å². The quantitative estimate of drug-likeness (QED) is 0.437. The Morgan fingerprint density at radius 1 is 0.656 bits per heavy atom. The van der Waals surface area contributed by atoms with Crippen molar-refractivity contribution in [2.45, 2.75) is 70.6 Å². The molecule has 3 aromatic rings. The Morgan fingerprint density at radius 2 is 1.12 bits per heavy atom. The summed E-state index contributed by atoms with van der Waals surface area (Å²) in [6.07, 6.45) is -0.159. The maximum atomic E-state index is 11.4. The number of rotatable bonds is 3. The minimum atomic E-state index is -0.159. The van der Waals surface area contributed by atoms with Crippen molar-refractivity contribution < 1.29 is 5.11 Å². The van der Waals surface area contributed by atoms with Crippen LogP contribution < -0.4 is 10.6 Å². The summed E-state index contributed by atoms with van der Waals surface area (Å²) in [7, 11) is 0. The molecule has 0 unspecified atom stereocenters. The van der Waals surface area contributed by atoms with E-state index >= 15 is 0 Å². The van der Waals surface area contributed by atoms with E-state index in [0.29, 0.717) is 5.75 Å². The zero-order valence-electron chi connectivity index (χ0n) is 20.1. The van der Waals surface area contributed by atoms with Crippen LogP contribution in [0.25, 0.3) is 0 Å². The first-order valence-corrected chi connectivity index (χ1v) is 11.6. The first kappa shape index (κ1) is 22.6. The standard InChI is InChI=1S/C29H36N2O/c1-28(2,3)21-17-22(26(32)23(18-21)29(4,5)6)27-30-24(19-13-9-7-10-14-19)25(31-27)20-15-11-8-12-16-20/h7-18,24-25,27,30-32H,1-6H3/t24-,25-/m0/s1. The highest BCUT2D eigenvalue weighted by molar-refractivity contribution is 5.50. The molecule has 0 amide bonds. The van der Waals surface area contributed by atoms with Crippen molar-refractivity contribution in [2.24, 2.45) is 0 Å². The zero-order chi connectivity index (χ0) is 23.1. The van der Waals surface area contributed by atoms with E-state index in [0.717, 1.165) is 11.1 Å². The second-order valence-corrected chi connectivity index (χ2v) is 11.0. The van der Waals surface area contributed by atoms with E-state index in [-0.39, 0.29) is 29.1 Å². The first-order valence-electron chi connectivity index (χ1n) is 11.6. The van der Waals surface area contributed by atoms with Crippen molar-refractivity contribution in [1.29, 1.82) is 0 Å². The molecule has 168 valence electrons. The lowest BCUT2D eigenvalue weighted by Crippen LogP contribution is -2.25. The van der Waals surface area contributed by atoms with Crippen LogP contribution in [0.3, 0.4) is 0 Å². The van der Waals surface area contributed by atoms with E-state index in [4.69, 9.17) is 0 Å². The number of hydrogen-bond donors (Lipinski definition) is 3. The fraction of sp³-hybridized carbons (Fsp3) is 0.379. The topological polar surface area (TPSA) is 44.3 Å². The van der Waals surface area contributed by atoms with Crippen LogP contribution in [0.2, 0.25) is 0 Å². The number of hydrogen-bond acceptors (Lipinski definition) is 3. The molecule has 3 aromatic carbocycles. The van der Waals surface area contributed by atoms with Crippen molar-refractivity contribution in [3.8, 4) is 5.75 Å². The average molecular weight is 429 g/mol. The third-order valence-electron chi connectivity index (χ3n) is 6.47. The van der Waals surface area contributed by atoms with Gasteiger partial charge in [0, 0.05) is 5.56 Å². The fourth-order valence-corrected chi connectivity index (χ4v) is 4.56. The van der Waals surface area contributed by atoms with Crippen LogP contribution in [-0.4, -0.2) is 5.11 Å². The summed E-state index contributed by atoms with van der Waals surface area (Å²) in [5.41, 5.74) is 5.44. The molecule has 0 aliphatic carbocycles.